The van der Waals surface area contributed by atoms with E-state index in [4.69, 9.17) is 21.9 Å². The maximum absolute atomic E-state index is 5.83. The number of nitrogens with two attached hydrogens (primary N) is 1. The first-order chi connectivity index (χ1) is 9.20. The first kappa shape index (κ1) is 11.7. The van der Waals surface area contributed by atoms with Gasteiger partial charge in [-0.05, 0) is 24.3 Å². The monoisotopic (exact) mass is 275 g/mol. The molecule has 2 heterocycles. The van der Waals surface area contributed by atoms with Gasteiger partial charge in [0.2, 0.25) is 11.7 Å². The highest BCUT2D eigenvalue weighted by molar-refractivity contribution is 6.30. The highest BCUT2D eigenvalue weighted by Gasteiger charge is 2.09. The molecule has 3 aromatic rings. The van der Waals surface area contributed by atoms with E-state index in [1.807, 2.05) is 12.1 Å². The zero-order chi connectivity index (χ0) is 13.2. The molecule has 0 radical (unpaired) electrons. The largest absolute Gasteiger partial charge is 0.396 e. The Bertz CT molecular complexity index is 688. The van der Waals surface area contributed by atoms with Crippen LogP contribution >= 0.6 is 11.6 Å². The summed E-state index contributed by atoms with van der Waals surface area (Å²) in [5.74, 6) is 0.986. The van der Waals surface area contributed by atoms with Gasteiger partial charge in [-0.3, -0.25) is 4.68 Å². The number of halogens is 1. The van der Waals surface area contributed by atoms with Crippen molar-refractivity contribution in [2.24, 2.45) is 0 Å². The van der Waals surface area contributed by atoms with Crippen LogP contribution in [0, 0.1) is 0 Å². The number of benzene rings is 1. The fraction of sp³-hybridized carbons (Fsp3) is 0.0833. The zero-order valence-corrected chi connectivity index (χ0v) is 10.6. The molecule has 0 fully saturated rings. The normalized spacial score (nSPS) is 10.8. The maximum Gasteiger partial charge on any atom is 0.248 e. The highest BCUT2D eigenvalue weighted by atomic mass is 35.5. The molecule has 19 heavy (non-hydrogen) atoms. The van der Waals surface area contributed by atoms with Gasteiger partial charge in [-0.15, -0.1) is 0 Å². The lowest BCUT2D eigenvalue weighted by Gasteiger charge is -1.94. The van der Waals surface area contributed by atoms with Gasteiger partial charge < -0.3 is 10.3 Å². The Kier molecular flexibility index (Phi) is 2.92. The predicted molar refractivity (Wildman–Crippen MR) is 70.5 cm³/mol. The van der Waals surface area contributed by atoms with Gasteiger partial charge in [0, 0.05) is 16.8 Å². The third kappa shape index (κ3) is 2.58. The smallest absolute Gasteiger partial charge is 0.248 e. The van der Waals surface area contributed by atoms with Crippen molar-refractivity contribution in [2.75, 3.05) is 5.73 Å². The van der Waals surface area contributed by atoms with Crippen molar-refractivity contribution in [3.8, 4) is 11.4 Å². The summed E-state index contributed by atoms with van der Waals surface area (Å²) < 4.78 is 6.80. The summed E-state index contributed by atoms with van der Waals surface area (Å²) >= 11 is 5.83. The molecule has 6 nitrogen and oxygen atoms in total. The van der Waals surface area contributed by atoms with Crippen LogP contribution in [0.3, 0.4) is 0 Å². The van der Waals surface area contributed by atoms with Crippen molar-refractivity contribution >= 4 is 17.3 Å². The summed E-state index contributed by atoms with van der Waals surface area (Å²) in [6, 6.07) is 7.23. The second-order valence-corrected chi connectivity index (χ2v) is 4.43. The van der Waals surface area contributed by atoms with Crippen molar-refractivity contribution in [1.82, 2.24) is 19.9 Å². The van der Waals surface area contributed by atoms with Crippen molar-refractivity contribution in [2.45, 2.75) is 6.54 Å². The van der Waals surface area contributed by atoms with Gasteiger partial charge >= 0.3 is 0 Å². The lowest BCUT2D eigenvalue weighted by Crippen LogP contribution is -2.00. The van der Waals surface area contributed by atoms with Gasteiger partial charge in [-0.25, -0.2) is 0 Å². The first-order valence-electron chi connectivity index (χ1n) is 5.57. The Hall–Kier alpha value is -2.34. The lowest BCUT2D eigenvalue weighted by molar-refractivity contribution is 0.366. The standard InChI is InChI=1S/C12H10ClN5O/c13-9-3-1-8(2-4-9)12-16-11(19-17-12)7-18-6-10(14)5-15-18/h1-6H,7,14H2. The molecule has 2 aromatic heterocycles. The molecule has 0 amide bonds. The molecule has 7 heteroatoms. The minimum absolute atomic E-state index is 0.387. The molecule has 1 aromatic carbocycles. The van der Waals surface area contributed by atoms with Crippen molar-refractivity contribution < 1.29 is 4.52 Å². The van der Waals surface area contributed by atoms with E-state index in [-0.39, 0.29) is 0 Å². The minimum atomic E-state index is 0.387. The van der Waals surface area contributed by atoms with Crippen LogP contribution in [0.4, 0.5) is 5.69 Å². The predicted octanol–water partition coefficient (Wildman–Crippen LogP) is 2.22. The van der Waals surface area contributed by atoms with E-state index in [2.05, 4.69) is 15.2 Å². The van der Waals surface area contributed by atoms with Crippen LogP contribution in [0.1, 0.15) is 5.89 Å². The van der Waals surface area contributed by atoms with Crippen LogP contribution in [0.15, 0.2) is 41.2 Å². The molecular weight excluding hydrogens is 266 g/mol. The molecule has 0 bridgehead atoms. The van der Waals surface area contributed by atoms with Gasteiger partial charge in [0.15, 0.2) is 0 Å². The molecule has 0 atom stereocenters. The summed E-state index contributed by atoms with van der Waals surface area (Å²) in [5, 5.41) is 8.63. The molecule has 3 rings (SSSR count). The van der Waals surface area contributed by atoms with E-state index in [1.54, 1.807) is 29.2 Å². The fourth-order valence-electron chi connectivity index (χ4n) is 1.64. The average molecular weight is 276 g/mol. The van der Waals surface area contributed by atoms with E-state index >= 15 is 0 Å². The highest BCUT2D eigenvalue weighted by Crippen LogP contribution is 2.18. The Labute approximate surface area is 113 Å². The Morgan fingerprint density at radius 2 is 2.05 bits per heavy atom. The van der Waals surface area contributed by atoms with Crippen LogP contribution in [0.5, 0.6) is 0 Å². The quantitative estimate of drug-likeness (QED) is 0.792. The summed E-state index contributed by atoms with van der Waals surface area (Å²) in [7, 11) is 0. The van der Waals surface area contributed by atoms with Crippen LogP contribution < -0.4 is 5.73 Å². The summed E-state index contributed by atoms with van der Waals surface area (Å²) in [6.45, 7) is 0.387. The second-order valence-electron chi connectivity index (χ2n) is 3.99. The van der Waals surface area contributed by atoms with E-state index in [1.165, 1.54) is 0 Å². The molecule has 96 valence electrons. The van der Waals surface area contributed by atoms with Crippen LogP contribution in [0.2, 0.25) is 5.02 Å². The molecule has 0 aliphatic heterocycles. The van der Waals surface area contributed by atoms with Gasteiger partial charge in [0.25, 0.3) is 0 Å². The first-order valence-corrected chi connectivity index (χ1v) is 5.95. The van der Waals surface area contributed by atoms with Gasteiger partial charge in [0.1, 0.15) is 6.54 Å². The molecule has 0 spiro atoms. The van der Waals surface area contributed by atoms with E-state index in [0.29, 0.717) is 29.0 Å². The Balaban J connectivity index is 1.81. The fourth-order valence-corrected chi connectivity index (χ4v) is 1.77. The molecule has 0 aliphatic rings. The summed E-state index contributed by atoms with van der Waals surface area (Å²) in [4.78, 5) is 4.29. The number of hydrogen-bond acceptors (Lipinski definition) is 5. The number of aromatic nitrogens is 4. The second kappa shape index (κ2) is 4.74. The van der Waals surface area contributed by atoms with E-state index < -0.39 is 0 Å². The van der Waals surface area contributed by atoms with E-state index in [0.717, 1.165) is 5.56 Å². The summed E-state index contributed by atoms with van der Waals surface area (Å²) in [6.07, 6.45) is 3.27. The molecule has 0 saturated carbocycles. The topological polar surface area (TPSA) is 82.8 Å². The van der Waals surface area contributed by atoms with Crippen molar-refractivity contribution in [1.29, 1.82) is 0 Å². The number of hydrogen-bond donors (Lipinski definition) is 1. The molecule has 0 saturated heterocycles. The van der Waals surface area contributed by atoms with Crippen LogP contribution in [-0.2, 0) is 6.54 Å². The maximum atomic E-state index is 5.83. The molecular formula is C12H10ClN5O. The summed E-state index contributed by atoms with van der Waals surface area (Å²) in [5.41, 5.74) is 7.02. The average Bonchev–Trinajstić information content (AvgIpc) is 3.00. The number of nitrogens with zero attached hydrogens (tertiary/aromatic N) is 4. The van der Waals surface area contributed by atoms with Gasteiger partial charge in [-0.1, -0.05) is 16.8 Å². The van der Waals surface area contributed by atoms with Crippen molar-refractivity contribution in [3.63, 3.8) is 0 Å². The van der Waals surface area contributed by atoms with E-state index in [9.17, 15) is 0 Å². The Morgan fingerprint density at radius 3 is 2.74 bits per heavy atom. The molecule has 0 aliphatic carbocycles. The number of rotatable bonds is 3. The van der Waals surface area contributed by atoms with Gasteiger partial charge in [-0.2, -0.15) is 10.1 Å². The minimum Gasteiger partial charge on any atom is -0.396 e. The third-order valence-corrected chi connectivity index (χ3v) is 2.77. The number of anilines is 1. The third-order valence-electron chi connectivity index (χ3n) is 2.52. The van der Waals surface area contributed by atoms with Crippen LogP contribution in [-0.4, -0.2) is 19.9 Å². The van der Waals surface area contributed by atoms with Crippen molar-refractivity contribution in [3.05, 3.63) is 47.6 Å². The molecule has 0 unspecified atom stereocenters. The molecule has 2 N–H and O–H groups in total. The van der Waals surface area contributed by atoms with Crippen LogP contribution in [0.25, 0.3) is 11.4 Å². The lowest BCUT2D eigenvalue weighted by atomic mass is 10.2. The zero-order valence-electron chi connectivity index (χ0n) is 9.82. The SMILES string of the molecule is Nc1cnn(Cc2nc(-c3ccc(Cl)cc3)no2)c1. The Morgan fingerprint density at radius 1 is 1.26 bits per heavy atom. The number of nitrogen functional groups attached to an aromatic ring is 1. The van der Waals surface area contributed by atoms with Gasteiger partial charge in [0.05, 0.1) is 11.9 Å².